The molecule has 20 heavy (non-hydrogen) atoms. The molecular weight excluding hydrogens is 298 g/mol. The average Bonchev–Trinajstić information content (AvgIpc) is 3.13. The van der Waals surface area contributed by atoms with E-state index in [-0.39, 0.29) is 24.2 Å². The Morgan fingerprint density at radius 3 is 2.20 bits per heavy atom. The van der Waals surface area contributed by atoms with E-state index in [2.05, 4.69) is 4.74 Å². The van der Waals surface area contributed by atoms with E-state index in [1.54, 1.807) is 0 Å². The molecule has 2 nitrogen and oxygen atoms in total. The summed E-state index contributed by atoms with van der Waals surface area (Å²) < 4.78 is 53.2. The van der Waals surface area contributed by atoms with Gasteiger partial charge in [0.1, 0.15) is 5.75 Å². The van der Waals surface area contributed by atoms with E-state index in [0.717, 1.165) is 12.0 Å². The van der Waals surface area contributed by atoms with Crippen molar-refractivity contribution in [2.45, 2.75) is 37.8 Å². The molecule has 7 heteroatoms. The fraction of sp³-hybridized carbons (Fsp3) is 0.538. The van der Waals surface area contributed by atoms with Crippen LogP contribution in [-0.4, -0.2) is 12.5 Å². The van der Waals surface area contributed by atoms with Crippen molar-refractivity contribution in [2.75, 3.05) is 0 Å². The molecule has 1 aliphatic carbocycles. The van der Waals surface area contributed by atoms with E-state index in [9.17, 15) is 17.6 Å². The van der Waals surface area contributed by atoms with Crippen LogP contribution in [0, 0.1) is 5.92 Å². The first-order valence-corrected chi connectivity index (χ1v) is 6.09. The zero-order chi connectivity index (χ0) is 14.0. The number of nitrogens with two attached hydrogens (primary N) is 1. The molecule has 0 radical (unpaired) electrons. The number of rotatable bonds is 6. The Morgan fingerprint density at radius 1 is 1.20 bits per heavy atom. The van der Waals surface area contributed by atoms with E-state index in [4.69, 9.17) is 5.73 Å². The first kappa shape index (κ1) is 17.0. The Balaban J connectivity index is 0.00000200. The van der Waals surface area contributed by atoms with E-state index < -0.39 is 12.5 Å². The van der Waals surface area contributed by atoms with Crippen molar-refractivity contribution in [1.29, 1.82) is 0 Å². The summed E-state index contributed by atoms with van der Waals surface area (Å²) in [5.41, 5.74) is 6.74. The summed E-state index contributed by atoms with van der Waals surface area (Å²) >= 11 is 0. The molecule has 2 rings (SSSR count). The second-order valence-corrected chi connectivity index (χ2v) is 4.82. The molecule has 1 atom stereocenters. The standard InChI is InChI=1S/C13H15F4NO.ClH/c14-12(15)13(16,17)19-10-5-3-9(4-6-10)11(18)7-8-1-2-8;/h3-6,8,11-12H,1-2,7,18H2;1H/t11-;/m0./s1. The molecule has 0 saturated heterocycles. The van der Waals surface area contributed by atoms with Gasteiger partial charge in [0.05, 0.1) is 0 Å². The Hall–Kier alpha value is -1.01. The first-order valence-electron chi connectivity index (χ1n) is 6.09. The molecule has 0 amide bonds. The van der Waals surface area contributed by atoms with Gasteiger partial charge < -0.3 is 10.5 Å². The number of hydrogen-bond donors (Lipinski definition) is 1. The minimum Gasteiger partial charge on any atom is -0.428 e. The summed E-state index contributed by atoms with van der Waals surface area (Å²) in [7, 11) is 0. The van der Waals surface area contributed by atoms with Crippen LogP contribution >= 0.6 is 12.4 Å². The fourth-order valence-corrected chi connectivity index (χ4v) is 1.83. The van der Waals surface area contributed by atoms with Crippen molar-refractivity contribution >= 4 is 12.4 Å². The molecule has 0 spiro atoms. The van der Waals surface area contributed by atoms with Gasteiger partial charge in [0, 0.05) is 6.04 Å². The highest BCUT2D eigenvalue weighted by Crippen LogP contribution is 2.37. The maximum Gasteiger partial charge on any atom is 0.461 e. The second kappa shape index (κ2) is 6.63. The molecule has 1 fully saturated rings. The summed E-state index contributed by atoms with van der Waals surface area (Å²) in [6, 6.07) is 5.38. The van der Waals surface area contributed by atoms with E-state index in [1.807, 2.05) is 0 Å². The molecule has 0 unspecified atom stereocenters. The van der Waals surface area contributed by atoms with Crippen LogP contribution in [0.15, 0.2) is 24.3 Å². The van der Waals surface area contributed by atoms with Crippen LogP contribution in [0.3, 0.4) is 0 Å². The van der Waals surface area contributed by atoms with E-state index in [0.29, 0.717) is 5.92 Å². The van der Waals surface area contributed by atoms with Crippen LogP contribution in [0.25, 0.3) is 0 Å². The van der Waals surface area contributed by atoms with Gasteiger partial charge in [-0.3, -0.25) is 0 Å². The van der Waals surface area contributed by atoms with Gasteiger partial charge in [-0.05, 0) is 30.0 Å². The smallest absolute Gasteiger partial charge is 0.428 e. The van der Waals surface area contributed by atoms with Gasteiger partial charge >= 0.3 is 12.5 Å². The highest BCUT2D eigenvalue weighted by molar-refractivity contribution is 5.85. The Morgan fingerprint density at radius 2 is 1.75 bits per heavy atom. The van der Waals surface area contributed by atoms with Gasteiger partial charge in [-0.15, -0.1) is 12.4 Å². The largest absolute Gasteiger partial charge is 0.461 e. The number of hydrogen-bond acceptors (Lipinski definition) is 2. The van der Waals surface area contributed by atoms with Crippen LogP contribution in [0.2, 0.25) is 0 Å². The van der Waals surface area contributed by atoms with Crippen molar-refractivity contribution in [1.82, 2.24) is 0 Å². The van der Waals surface area contributed by atoms with Gasteiger partial charge in [0.2, 0.25) is 0 Å². The summed E-state index contributed by atoms with van der Waals surface area (Å²) in [5.74, 6) is 0.349. The number of halogens is 5. The lowest BCUT2D eigenvalue weighted by atomic mass is 10.0. The van der Waals surface area contributed by atoms with E-state index >= 15 is 0 Å². The van der Waals surface area contributed by atoms with Crippen molar-refractivity contribution < 1.29 is 22.3 Å². The minimum atomic E-state index is -4.47. The monoisotopic (exact) mass is 313 g/mol. The molecule has 1 saturated carbocycles. The molecule has 0 aromatic heterocycles. The Bertz CT molecular complexity index is 423. The molecule has 2 N–H and O–H groups in total. The van der Waals surface area contributed by atoms with Gasteiger partial charge in [-0.1, -0.05) is 25.0 Å². The van der Waals surface area contributed by atoms with Crippen molar-refractivity contribution in [3.63, 3.8) is 0 Å². The van der Waals surface area contributed by atoms with Crippen LogP contribution in [0.5, 0.6) is 5.75 Å². The second-order valence-electron chi connectivity index (χ2n) is 4.82. The fourth-order valence-electron chi connectivity index (χ4n) is 1.83. The quantitative estimate of drug-likeness (QED) is 0.801. The average molecular weight is 314 g/mol. The molecular formula is C13H16ClF4NO. The molecule has 1 aliphatic rings. The molecule has 0 aliphatic heterocycles. The zero-order valence-corrected chi connectivity index (χ0v) is 11.4. The molecule has 114 valence electrons. The van der Waals surface area contributed by atoms with Gasteiger partial charge in [-0.2, -0.15) is 17.6 Å². The maximum absolute atomic E-state index is 12.7. The topological polar surface area (TPSA) is 35.2 Å². The van der Waals surface area contributed by atoms with Crippen LogP contribution in [0.1, 0.15) is 30.9 Å². The normalized spacial score (nSPS) is 16.7. The predicted molar refractivity (Wildman–Crippen MR) is 69.5 cm³/mol. The summed E-state index contributed by atoms with van der Waals surface area (Å²) in [6.45, 7) is 0. The molecule has 0 heterocycles. The number of ether oxygens (including phenoxy) is 1. The third-order valence-electron chi connectivity index (χ3n) is 3.10. The summed E-state index contributed by atoms with van der Waals surface area (Å²) in [5, 5.41) is 0. The Kier molecular flexibility index (Phi) is 5.65. The van der Waals surface area contributed by atoms with Crippen LogP contribution in [0.4, 0.5) is 17.6 Å². The molecule has 1 aromatic rings. The summed E-state index contributed by atoms with van der Waals surface area (Å²) in [6.07, 6.45) is -5.12. The van der Waals surface area contributed by atoms with Crippen molar-refractivity contribution in [3.8, 4) is 5.75 Å². The lowest BCUT2D eigenvalue weighted by molar-refractivity contribution is -0.253. The van der Waals surface area contributed by atoms with Crippen LogP contribution < -0.4 is 10.5 Å². The SMILES string of the molecule is Cl.N[C@@H](CC1CC1)c1ccc(OC(F)(F)C(F)F)cc1. The van der Waals surface area contributed by atoms with Crippen molar-refractivity contribution in [3.05, 3.63) is 29.8 Å². The molecule has 0 bridgehead atoms. The van der Waals surface area contributed by atoms with Crippen LogP contribution in [-0.2, 0) is 0 Å². The third-order valence-corrected chi connectivity index (χ3v) is 3.10. The van der Waals surface area contributed by atoms with Gasteiger partial charge in [-0.25, -0.2) is 0 Å². The number of benzene rings is 1. The van der Waals surface area contributed by atoms with Crippen molar-refractivity contribution in [2.24, 2.45) is 11.7 Å². The van der Waals surface area contributed by atoms with E-state index in [1.165, 1.54) is 37.1 Å². The highest BCUT2D eigenvalue weighted by Gasteiger charge is 2.43. The number of alkyl halides is 4. The summed E-state index contributed by atoms with van der Waals surface area (Å²) in [4.78, 5) is 0. The lowest BCUT2D eigenvalue weighted by Crippen LogP contribution is -2.33. The van der Waals surface area contributed by atoms with Gasteiger partial charge in [0.15, 0.2) is 0 Å². The van der Waals surface area contributed by atoms with Gasteiger partial charge in [0.25, 0.3) is 0 Å². The first-order chi connectivity index (χ1) is 8.88. The highest BCUT2D eigenvalue weighted by atomic mass is 35.5. The lowest BCUT2D eigenvalue weighted by Gasteiger charge is -2.17. The minimum absolute atomic E-state index is 0. The molecule has 1 aromatic carbocycles. The third kappa shape index (κ3) is 4.52. The predicted octanol–water partition coefficient (Wildman–Crippen LogP) is 4.15. The Labute approximate surface area is 120 Å². The zero-order valence-electron chi connectivity index (χ0n) is 10.6. The maximum atomic E-state index is 12.7.